The van der Waals surface area contributed by atoms with Crippen LogP contribution in [0.2, 0.25) is 0 Å². The molecule has 0 saturated carbocycles. The van der Waals surface area contributed by atoms with E-state index in [-0.39, 0.29) is 11.9 Å². The second-order valence-corrected chi connectivity index (χ2v) is 6.14. The highest BCUT2D eigenvalue weighted by Gasteiger charge is 2.19. The average molecular weight is 339 g/mol. The fraction of sp³-hybridized carbons (Fsp3) is 0.250. The Bertz CT molecular complexity index is 803. The zero-order valence-corrected chi connectivity index (χ0v) is 14.1. The van der Waals surface area contributed by atoms with Gasteiger partial charge in [-0.15, -0.1) is 0 Å². The summed E-state index contributed by atoms with van der Waals surface area (Å²) < 4.78 is 15.5. The van der Waals surface area contributed by atoms with Crippen LogP contribution in [0.5, 0.6) is 0 Å². The van der Waals surface area contributed by atoms with Crippen molar-refractivity contribution in [3.63, 3.8) is 0 Å². The van der Waals surface area contributed by atoms with Crippen LogP contribution < -0.4 is 5.32 Å². The van der Waals surface area contributed by atoms with E-state index < -0.39 is 6.10 Å². The van der Waals surface area contributed by atoms with E-state index >= 15 is 0 Å². The van der Waals surface area contributed by atoms with Crippen LogP contribution in [0.1, 0.15) is 23.0 Å². The first-order valence-corrected chi connectivity index (χ1v) is 8.31. The molecule has 1 aromatic heterocycles. The molecule has 2 aromatic carbocycles. The number of hydrogen-bond donors (Lipinski definition) is 2. The third kappa shape index (κ3) is 4.53. The van der Waals surface area contributed by atoms with E-state index in [0.717, 1.165) is 17.0 Å². The van der Waals surface area contributed by atoms with Gasteiger partial charge in [-0.1, -0.05) is 42.5 Å². The molecule has 3 rings (SSSR count). The van der Waals surface area contributed by atoms with Gasteiger partial charge in [-0.05, 0) is 29.7 Å². The highest BCUT2D eigenvalue weighted by molar-refractivity contribution is 5.26. The maximum atomic E-state index is 13.7. The smallest absolute Gasteiger partial charge is 0.130 e. The number of rotatable bonds is 7. The Morgan fingerprint density at radius 2 is 1.96 bits per heavy atom. The van der Waals surface area contributed by atoms with E-state index in [9.17, 15) is 9.50 Å². The number of imidazole rings is 1. The summed E-state index contributed by atoms with van der Waals surface area (Å²) in [7, 11) is 1.90. The number of nitrogens with zero attached hydrogens (tertiary/aromatic N) is 2. The Hall–Kier alpha value is -2.50. The number of aliphatic hydroxyl groups is 1. The van der Waals surface area contributed by atoms with Crippen molar-refractivity contribution in [3.05, 3.63) is 89.8 Å². The molecule has 1 heterocycles. The van der Waals surface area contributed by atoms with Gasteiger partial charge in [0.05, 0.1) is 12.1 Å². The largest absolute Gasteiger partial charge is 0.391 e. The fourth-order valence-electron chi connectivity index (χ4n) is 2.91. The van der Waals surface area contributed by atoms with Crippen molar-refractivity contribution in [1.82, 2.24) is 14.9 Å². The third-order valence-electron chi connectivity index (χ3n) is 4.17. The molecule has 0 radical (unpaired) electrons. The monoisotopic (exact) mass is 339 g/mol. The van der Waals surface area contributed by atoms with Gasteiger partial charge in [0, 0.05) is 26.0 Å². The van der Waals surface area contributed by atoms with Crippen molar-refractivity contribution in [3.8, 4) is 0 Å². The molecule has 5 heteroatoms. The van der Waals surface area contributed by atoms with E-state index in [1.54, 1.807) is 12.3 Å². The Labute approximate surface area is 147 Å². The van der Waals surface area contributed by atoms with E-state index in [2.05, 4.69) is 10.3 Å². The third-order valence-corrected chi connectivity index (χ3v) is 4.17. The summed E-state index contributed by atoms with van der Waals surface area (Å²) in [6, 6.07) is 16.0. The molecule has 130 valence electrons. The van der Waals surface area contributed by atoms with Gasteiger partial charge < -0.3 is 15.0 Å². The average Bonchev–Trinajstić information content (AvgIpc) is 3.02. The summed E-state index contributed by atoms with van der Waals surface area (Å²) in [4.78, 5) is 4.38. The van der Waals surface area contributed by atoms with E-state index in [0.29, 0.717) is 13.0 Å². The molecular formula is C20H22FN3O. The second-order valence-electron chi connectivity index (χ2n) is 6.14. The lowest BCUT2D eigenvalue weighted by Gasteiger charge is -2.21. The summed E-state index contributed by atoms with van der Waals surface area (Å²) >= 11 is 0. The molecule has 25 heavy (non-hydrogen) atoms. The Kier molecular flexibility index (Phi) is 5.58. The predicted octanol–water partition coefficient (Wildman–Crippen LogP) is 2.84. The molecule has 0 spiro atoms. The maximum Gasteiger partial charge on any atom is 0.130 e. The highest BCUT2D eigenvalue weighted by atomic mass is 19.1. The molecule has 2 atom stereocenters. The first-order valence-electron chi connectivity index (χ1n) is 8.31. The van der Waals surface area contributed by atoms with Crippen LogP contribution in [0.4, 0.5) is 4.39 Å². The van der Waals surface area contributed by atoms with Gasteiger partial charge in [0.15, 0.2) is 0 Å². The van der Waals surface area contributed by atoms with Gasteiger partial charge in [0.2, 0.25) is 0 Å². The van der Waals surface area contributed by atoms with Crippen molar-refractivity contribution >= 4 is 0 Å². The molecule has 0 aliphatic carbocycles. The molecule has 2 unspecified atom stereocenters. The van der Waals surface area contributed by atoms with Gasteiger partial charge in [0.25, 0.3) is 0 Å². The van der Waals surface area contributed by atoms with E-state index in [1.807, 2.05) is 54.2 Å². The van der Waals surface area contributed by atoms with Crippen molar-refractivity contribution in [2.24, 2.45) is 7.05 Å². The van der Waals surface area contributed by atoms with Crippen LogP contribution in [0.3, 0.4) is 0 Å². The summed E-state index contributed by atoms with van der Waals surface area (Å²) in [5.41, 5.74) is 1.86. The lowest BCUT2D eigenvalue weighted by atomic mass is 10.0. The van der Waals surface area contributed by atoms with Crippen molar-refractivity contribution in [1.29, 1.82) is 0 Å². The molecule has 0 bridgehead atoms. The number of hydrogen-bond acceptors (Lipinski definition) is 3. The normalized spacial score (nSPS) is 13.6. The van der Waals surface area contributed by atoms with Crippen LogP contribution in [-0.2, 0) is 13.5 Å². The minimum Gasteiger partial charge on any atom is -0.391 e. The van der Waals surface area contributed by atoms with Crippen LogP contribution in [-0.4, -0.2) is 27.3 Å². The van der Waals surface area contributed by atoms with Crippen LogP contribution in [0, 0.1) is 5.82 Å². The first-order chi connectivity index (χ1) is 12.1. The predicted molar refractivity (Wildman–Crippen MR) is 95.6 cm³/mol. The number of aryl methyl sites for hydroxylation is 1. The van der Waals surface area contributed by atoms with Gasteiger partial charge in [-0.25, -0.2) is 9.37 Å². The van der Waals surface area contributed by atoms with Crippen molar-refractivity contribution in [2.75, 3.05) is 6.54 Å². The molecule has 4 nitrogen and oxygen atoms in total. The SMILES string of the molecule is Cn1ccnc1C(NCC(O)Cc1ccccc1)c1cccc(F)c1. The zero-order chi connectivity index (χ0) is 17.6. The zero-order valence-electron chi connectivity index (χ0n) is 14.1. The van der Waals surface area contributed by atoms with Gasteiger partial charge in [-0.2, -0.15) is 0 Å². The molecule has 0 aliphatic rings. The molecular weight excluding hydrogens is 317 g/mol. The van der Waals surface area contributed by atoms with Gasteiger partial charge in [0.1, 0.15) is 11.6 Å². The lowest BCUT2D eigenvalue weighted by Crippen LogP contribution is -2.33. The van der Waals surface area contributed by atoms with Crippen molar-refractivity contribution < 1.29 is 9.50 Å². The number of aromatic nitrogens is 2. The number of halogens is 1. The van der Waals surface area contributed by atoms with Gasteiger partial charge >= 0.3 is 0 Å². The summed E-state index contributed by atoms with van der Waals surface area (Å²) in [5.74, 6) is 0.487. The quantitative estimate of drug-likeness (QED) is 0.696. The molecule has 0 amide bonds. The Morgan fingerprint density at radius 1 is 1.16 bits per heavy atom. The Balaban J connectivity index is 1.73. The molecule has 0 saturated heterocycles. The minimum absolute atomic E-state index is 0.289. The molecule has 2 N–H and O–H groups in total. The summed E-state index contributed by atoms with van der Waals surface area (Å²) in [6.07, 6.45) is 3.58. The summed E-state index contributed by atoms with van der Waals surface area (Å²) in [6.45, 7) is 0.378. The summed E-state index contributed by atoms with van der Waals surface area (Å²) in [5, 5.41) is 13.7. The standard InChI is InChI=1S/C20H22FN3O/c1-24-11-10-22-20(24)19(16-8-5-9-17(21)13-16)23-14-18(25)12-15-6-3-2-4-7-15/h2-11,13,18-19,23,25H,12,14H2,1H3. The highest BCUT2D eigenvalue weighted by Crippen LogP contribution is 2.21. The van der Waals surface area contributed by atoms with Crippen LogP contribution in [0.25, 0.3) is 0 Å². The molecule has 0 fully saturated rings. The van der Waals surface area contributed by atoms with Crippen LogP contribution >= 0.6 is 0 Å². The van der Waals surface area contributed by atoms with Gasteiger partial charge in [-0.3, -0.25) is 0 Å². The van der Waals surface area contributed by atoms with Crippen molar-refractivity contribution in [2.45, 2.75) is 18.6 Å². The second kappa shape index (κ2) is 8.05. The molecule has 3 aromatic rings. The lowest BCUT2D eigenvalue weighted by molar-refractivity contribution is 0.168. The Morgan fingerprint density at radius 3 is 2.64 bits per heavy atom. The number of aliphatic hydroxyl groups excluding tert-OH is 1. The number of nitrogens with one attached hydrogen (secondary N) is 1. The van der Waals surface area contributed by atoms with E-state index in [1.165, 1.54) is 12.1 Å². The van der Waals surface area contributed by atoms with E-state index in [4.69, 9.17) is 0 Å². The fourth-order valence-corrected chi connectivity index (χ4v) is 2.91. The number of benzene rings is 2. The molecule has 0 aliphatic heterocycles. The maximum absolute atomic E-state index is 13.7. The topological polar surface area (TPSA) is 50.1 Å². The van der Waals surface area contributed by atoms with Crippen LogP contribution in [0.15, 0.2) is 67.0 Å². The first kappa shape index (κ1) is 17.3. The minimum atomic E-state index is -0.543.